The number of hydrogen-bond acceptors (Lipinski definition) is 4. The van der Waals surface area contributed by atoms with Crippen molar-refractivity contribution in [2.75, 3.05) is 11.9 Å². The van der Waals surface area contributed by atoms with E-state index in [1.54, 1.807) is 30.3 Å². The van der Waals surface area contributed by atoms with Gasteiger partial charge in [0.15, 0.2) is 12.4 Å². The van der Waals surface area contributed by atoms with Gasteiger partial charge in [0.05, 0.1) is 5.39 Å². The van der Waals surface area contributed by atoms with E-state index in [9.17, 15) is 9.59 Å². The first-order valence-electron chi connectivity index (χ1n) is 9.73. The molecule has 0 saturated carbocycles. The van der Waals surface area contributed by atoms with Crippen molar-refractivity contribution in [3.8, 4) is 17.1 Å². The number of carbonyl (C=O) groups excluding carboxylic acids is 1. The summed E-state index contributed by atoms with van der Waals surface area (Å²) in [6.07, 6.45) is 0. The second-order valence-corrected chi connectivity index (χ2v) is 7.74. The summed E-state index contributed by atoms with van der Waals surface area (Å²) in [5.74, 6) is -0.102. The largest absolute Gasteiger partial charge is 0.476 e. The molecule has 0 aliphatic rings. The molecule has 0 atom stereocenters. The molecule has 0 aliphatic carbocycles. The van der Waals surface area contributed by atoms with Gasteiger partial charge in [-0.2, -0.15) is 0 Å². The number of fused-ring (bicyclic) bond motifs is 1. The van der Waals surface area contributed by atoms with E-state index >= 15 is 0 Å². The van der Waals surface area contributed by atoms with Crippen LogP contribution in [0.1, 0.15) is 11.1 Å². The maximum atomic E-state index is 13.2. The third kappa shape index (κ3) is 4.62. The average Bonchev–Trinajstić information content (AvgIpc) is 2.75. The van der Waals surface area contributed by atoms with Crippen molar-refractivity contribution in [1.82, 2.24) is 0 Å². The van der Waals surface area contributed by atoms with Crippen molar-refractivity contribution < 1.29 is 13.9 Å². The molecule has 0 saturated heterocycles. The van der Waals surface area contributed by atoms with Crippen LogP contribution in [0.15, 0.2) is 75.9 Å². The van der Waals surface area contributed by atoms with Crippen LogP contribution in [0.2, 0.25) is 5.02 Å². The number of amides is 1. The minimum atomic E-state index is -0.402. The molecule has 156 valence electrons. The number of hydrogen-bond donors (Lipinski definition) is 1. The topological polar surface area (TPSA) is 68.5 Å². The fraction of sp³-hybridized carbons (Fsp3) is 0.120. The molecule has 1 heterocycles. The van der Waals surface area contributed by atoms with E-state index in [4.69, 9.17) is 20.8 Å². The summed E-state index contributed by atoms with van der Waals surface area (Å²) in [5, 5.41) is 3.68. The van der Waals surface area contributed by atoms with Crippen molar-refractivity contribution in [2.24, 2.45) is 0 Å². The Bertz CT molecular complexity index is 1310. The lowest BCUT2D eigenvalue weighted by atomic mass is 10.1. The molecule has 6 heteroatoms. The van der Waals surface area contributed by atoms with Crippen LogP contribution < -0.4 is 15.5 Å². The van der Waals surface area contributed by atoms with Crippen LogP contribution in [0.3, 0.4) is 0 Å². The molecule has 4 rings (SSSR count). The Morgan fingerprint density at radius 2 is 1.65 bits per heavy atom. The van der Waals surface area contributed by atoms with Crippen LogP contribution in [0.4, 0.5) is 5.69 Å². The van der Waals surface area contributed by atoms with E-state index in [1.165, 1.54) is 0 Å². The number of anilines is 1. The van der Waals surface area contributed by atoms with Gasteiger partial charge in [0, 0.05) is 16.3 Å². The van der Waals surface area contributed by atoms with E-state index in [-0.39, 0.29) is 17.8 Å². The van der Waals surface area contributed by atoms with Gasteiger partial charge < -0.3 is 14.5 Å². The van der Waals surface area contributed by atoms with Crippen molar-refractivity contribution in [1.29, 1.82) is 0 Å². The predicted molar refractivity (Wildman–Crippen MR) is 123 cm³/mol. The second-order valence-electron chi connectivity index (χ2n) is 7.30. The van der Waals surface area contributed by atoms with Crippen molar-refractivity contribution in [2.45, 2.75) is 13.8 Å². The third-order valence-electron chi connectivity index (χ3n) is 4.80. The zero-order chi connectivity index (χ0) is 22.0. The molecule has 0 aliphatic heterocycles. The van der Waals surface area contributed by atoms with E-state index < -0.39 is 5.91 Å². The fourth-order valence-corrected chi connectivity index (χ4v) is 3.30. The lowest BCUT2D eigenvalue weighted by Gasteiger charge is -2.12. The molecular weight excluding hydrogens is 414 g/mol. The van der Waals surface area contributed by atoms with Gasteiger partial charge in [-0.3, -0.25) is 9.59 Å². The zero-order valence-corrected chi connectivity index (χ0v) is 17.8. The molecule has 0 fully saturated rings. The van der Waals surface area contributed by atoms with Crippen LogP contribution >= 0.6 is 11.6 Å². The molecule has 0 unspecified atom stereocenters. The summed E-state index contributed by atoms with van der Waals surface area (Å²) in [4.78, 5) is 25.6. The SMILES string of the molecule is Cc1ccc(-c2oc3cc(C)ccc3c(=O)c2OCC(=O)Nc2ccc(Cl)cc2)cc1. The molecule has 3 aromatic carbocycles. The Balaban J connectivity index is 1.68. The minimum absolute atomic E-state index is 0.00598. The zero-order valence-electron chi connectivity index (χ0n) is 17.1. The molecule has 0 spiro atoms. The first kappa shape index (κ1) is 20.7. The highest BCUT2D eigenvalue weighted by atomic mass is 35.5. The third-order valence-corrected chi connectivity index (χ3v) is 5.05. The van der Waals surface area contributed by atoms with Gasteiger partial charge in [-0.25, -0.2) is 0 Å². The van der Waals surface area contributed by atoms with Crippen molar-refractivity contribution >= 4 is 34.2 Å². The summed E-state index contributed by atoms with van der Waals surface area (Å²) >= 11 is 5.87. The Kier molecular flexibility index (Phi) is 5.78. The second kappa shape index (κ2) is 8.66. The van der Waals surface area contributed by atoms with E-state index in [2.05, 4.69) is 5.32 Å². The Morgan fingerprint density at radius 1 is 0.968 bits per heavy atom. The van der Waals surface area contributed by atoms with Gasteiger partial charge >= 0.3 is 0 Å². The Hall–Kier alpha value is -3.57. The number of rotatable bonds is 5. The Morgan fingerprint density at radius 3 is 2.35 bits per heavy atom. The van der Waals surface area contributed by atoms with E-state index in [0.29, 0.717) is 33.0 Å². The van der Waals surface area contributed by atoms with Gasteiger partial charge in [-0.15, -0.1) is 0 Å². The van der Waals surface area contributed by atoms with Crippen molar-refractivity contribution in [3.05, 3.63) is 93.1 Å². The average molecular weight is 434 g/mol. The maximum Gasteiger partial charge on any atom is 0.262 e. The monoisotopic (exact) mass is 433 g/mol. The molecular formula is C25H20ClNO4. The molecule has 5 nitrogen and oxygen atoms in total. The normalized spacial score (nSPS) is 10.8. The standard InChI is InChI=1S/C25H20ClNO4/c1-15-3-6-17(7-4-15)24-25(23(29)20-12-5-16(2)13-21(20)31-24)30-14-22(28)27-19-10-8-18(26)9-11-19/h3-13H,14H2,1-2H3,(H,27,28). The molecule has 0 bridgehead atoms. The summed E-state index contributed by atoms with van der Waals surface area (Å²) < 4.78 is 11.8. The smallest absolute Gasteiger partial charge is 0.262 e. The first-order valence-corrected chi connectivity index (χ1v) is 10.1. The maximum absolute atomic E-state index is 13.2. The fourth-order valence-electron chi connectivity index (χ4n) is 3.18. The quantitative estimate of drug-likeness (QED) is 0.435. The van der Waals surface area contributed by atoms with E-state index in [1.807, 2.05) is 50.2 Å². The van der Waals surface area contributed by atoms with Crippen LogP contribution in [0.25, 0.3) is 22.3 Å². The van der Waals surface area contributed by atoms with Gasteiger partial charge in [0.2, 0.25) is 11.2 Å². The number of aryl methyl sites for hydroxylation is 2. The molecule has 0 radical (unpaired) electrons. The van der Waals surface area contributed by atoms with Crippen LogP contribution in [0.5, 0.6) is 5.75 Å². The van der Waals surface area contributed by atoms with Gasteiger partial charge in [-0.05, 0) is 55.8 Å². The van der Waals surface area contributed by atoms with E-state index in [0.717, 1.165) is 11.1 Å². The van der Waals surface area contributed by atoms with Crippen molar-refractivity contribution in [3.63, 3.8) is 0 Å². The molecule has 1 aromatic heterocycles. The molecule has 1 amide bonds. The highest BCUT2D eigenvalue weighted by Gasteiger charge is 2.19. The number of ether oxygens (including phenoxy) is 1. The van der Waals surface area contributed by atoms with Gasteiger partial charge in [0.1, 0.15) is 5.58 Å². The van der Waals surface area contributed by atoms with Crippen LogP contribution in [-0.4, -0.2) is 12.5 Å². The van der Waals surface area contributed by atoms with Gasteiger partial charge in [-0.1, -0.05) is 47.5 Å². The summed E-state index contributed by atoms with van der Waals surface area (Å²) in [6, 6.07) is 19.6. The molecule has 31 heavy (non-hydrogen) atoms. The number of benzene rings is 3. The molecule has 4 aromatic rings. The highest BCUT2D eigenvalue weighted by molar-refractivity contribution is 6.30. The predicted octanol–water partition coefficient (Wildman–Crippen LogP) is 5.75. The number of halogens is 1. The summed E-state index contributed by atoms with van der Waals surface area (Å²) in [5.41, 5.74) is 3.47. The Labute approximate surface area is 184 Å². The molecule has 1 N–H and O–H groups in total. The highest BCUT2D eigenvalue weighted by Crippen LogP contribution is 2.31. The van der Waals surface area contributed by atoms with Crippen LogP contribution in [0, 0.1) is 13.8 Å². The number of carbonyl (C=O) groups is 1. The summed E-state index contributed by atoms with van der Waals surface area (Å²) in [6.45, 7) is 3.56. The lowest BCUT2D eigenvalue weighted by Crippen LogP contribution is -2.22. The van der Waals surface area contributed by atoms with Gasteiger partial charge in [0.25, 0.3) is 5.91 Å². The minimum Gasteiger partial charge on any atom is -0.476 e. The summed E-state index contributed by atoms with van der Waals surface area (Å²) in [7, 11) is 0. The first-order chi connectivity index (χ1) is 14.9. The van der Waals surface area contributed by atoms with Crippen LogP contribution in [-0.2, 0) is 4.79 Å². The number of nitrogens with one attached hydrogen (secondary N) is 1. The lowest BCUT2D eigenvalue weighted by molar-refractivity contribution is -0.118.